The van der Waals surface area contributed by atoms with Crippen molar-refractivity contribution in [1.82, 2.24) is 9.38 Å². The van der Waals surface area contributed by atoms with E-state index in [1.165, 1.54) is 16.7 Å². The first-order valence-electron chi connectivity index (χ1n) is 7.90. The van der Waals surface area contributed by atoms with Crippen LogP contribution in [0.15, 0.2) is 72.9 Å². The number of nitriles is 1. The molecule has 2 aromatic carbocycles. The molecule has 0 unspecified atom stereocenters. The first kappa shape index (κ1) is 15.5. The van der Waals surface area contributed by atoms with E-state index < -0.39 is 4.92 Å². The quantitative estimate of drug-likeness (QED) is 0.407. The standard InChI is InChI=1S/C20H12N4O2/c21-12-18-20(22-19-11-10-17(24(25)26)13-23(18)19)16-8-6-15(7-9-16)14-4-2-1-3-5-14/h1-11,13H. The summed E-state index contributed by atoms with van der Waals surface area (Å²) in [5.41, 5.74) is 4.14. The number of pyridine rings is 1. The lowest BCUT2D eigenvalue weighted by molar-refractivity contribution is -0.385. The Morgan fingerprint density at radius 1 is 0.923 bits per heavy atom. The summed E-state index contributed by atoms with van der Waals surface area (Å²) in [7, 11) is 0. The second-order valence-corrected chi connectivity index (χ2v) is 5.74. The highest BCUT2D eigenvalue weighted by molar-refractivity contribution is 5.73. The maximum absolute atomic E-state index is 11.0. The van der Waals surface area contributed by atoms with Crippen molar-refractivity contribution in [2.75, 3.05) is 0 Å². The number of fused-ring (bicyclic) bond motifs is 1. The summed E-state index contributed by atoms with van der Waals surface area (Å²) in [6, 6.07) is 22.8. The first-order valence-corrected chi connectivity index (χ1v) is 7.90. The summed E-state index contributed by atoms with van der Waals surface area (Å²) in [5.74, 6) is 0. The third-order valence-corrected chi connectivity index (χ3v) is 4.19. The van der Waals surface area contributed by atoms with Crippen molar-refractivity contribution in [2.45, 2.75) is 0 Å². The Morgan fingerprint density at radius 2 is 1.58 bits per heavy atom. The summed E-state index contributed by atoms with van der Waals surface area (Å²) in [6.45, 7) is 0. The van der Waals surface area contributed by atoms with Gasteiger partial charge in [0.1, 0.15) is 17.4 Å². The highest BCUT2D eigenvalue weighted by atomic mass is 16.6. The van der Waals surface area contributed by atoms with Crippen molar-refractivity contribution in [3.63, 3.8) is 0 Å². The van der Waals surface area contributed by atoms with Gasteiger partial charge in [-0.3, -0.25) is 14.5 Å². The second-order valence-electron chi connectivity index (χ2n) is 5.74. The van der Waals surface area contributed by atoms with E-state index >= 15 is 0 Å². The SMILES string of the molecule is N#Cc1c(-c2ccc(-c3ccccc3)cc2)nc2ccc([N+](=O)[O-])cn12. The molecule has 0 amide bonds. The van der Waals surface area contributed by atoms with E-state index in [9.17, 15) is 15.4 Å². The monoisotopic (exact) mass is 340 g/mol. The van der Waals surface area contributed by atoms with Gasteiger partial charge in [0, 0.05) is 11.6 Å². The lowest BCUT2D eigenvalue weighted by Gasteiger charge is -2.03. The summed E-state index contributed by atoms with van der Waals surface area (Å²) in [5, 5.41) is 20.5. The first-order chi connectivity index (χ1) is 12.7. The molecule has 26 heavy (non-hydrogen) atoms. The van der Waals surface area contributed by atoms with E-state index in [2.05, 4.69) is 11.1 Å². The number of rotatable bonds is 3. The maximum atomic E-state index is 11.0. The summed E-state index contributed by atoms with van der Waals surface area (Å²) < 4.78 is 1.46. The third kappa shape index (κ3) is 2.58. The van der Waals surface area contributed by atoms with Gasteiger partial charge < -0.3 is 0 Å². The van der Waals surface area contributed by atoms with Gasteiger partial charge in [-0.15, -0.1) is 0 Å². The molecule has 2 aromatic heterocycles. The van der Waals surface area contributed by atoms with E-state index in [1.54, 1.807) is 6.07 Å². The molecule has 0 atom stereocenters. The number of hydrogen-bond acceptors (Lipinski definition) is 4. The van der Waals surface area contributed by atoms with Crippen LogP contribution in [-0.2, 0) is 0 Å². The molecule has 0 aliphatic heterocycles. The molecule has 0 saturated heterocycles. The second kappa shape index (κ2) is 6.15. The zero-order valence-corrected chi connectivity index (χ0v) is 13.5. The lowest BCUT2D eigenvalue weighted by Crippen LogP contribution is -1.94. The Hall–Kier alpha value is -3.98. The minimum atomic E-state index is -0.491. The summed E-state index contributed by atoms with van der Waals surface area (Å²) in [6.07, 6.45) is 1.32. The fourth-order valence-corrected chi connectivity index (χ4v) is 2.90. The van der Waals surface area contributed by atoms with Gasteiger partial charge in [-0.1, -0.05) is 54.6 Å². The fourth-order valence-electron chi connectivity index (χ4n) is 2.90. The Bertz CT molecular complexity index is 1160. The van der Waals surface area contributed by atoms with Crippen LogP contribution in [0.3, 0.4) is 0 Å². The van der Waals surface area contributed by atoms with Crippen molar-refractivity contribution in [2.24, 2.45) is 0 Å². The number of aromatic nitrogens is 2. The van der Waals surface area contributed by atoms with Crippen molar-refractivity contribution in [3.05, 3.63) is 88.7 Å². The maximum Gasteiger partial charge on any atom is 0.286 e. The molecule has 6 nitrogen and oxygen atoms in total. The van der Waals surface area contributed by atoms with E-state index in [0.29, 0.717) is 11.3 Å². The largest absolute Gasteiger partial charge is 0.286 e. The molecular formula is C20H12N4O2. The molecule has 0 aliphatic rings. The van der Waals surface area contributed by atoms with Crippen LogP contribution in [0.1, 0.15) is 5.69 Å². The van der Waals surface area contributed by atoms with Gasteiger partial charge >= 0.3 is 0 Å². The molecule has 0 bridgehead atoms. The van der Waals surface area contributed by atoms with Crippen LogP contribution in [0, 0.1) is 21.4 Å². The van der Waals surface area contributed by atoms with E-state index in [0.717, 1.165) is 16.7 Å². The average molecular weight is 340 g/mol. The van der Waals surface area contributed by atoms with Gasteiger partial charge in [-0.05, 0) is 17.2 Å². The normalized spacial score (nSPS) is 10.6. The molecule has 4 aromatic rings. The van der Waals surface area contributed by atoms with Crippen LogP contribution in [0.25, 0.3) is 28.0 Å². The molecule has 4 rings (SSSR count). The predicted octanol–water partition coefficient (Wildman–Crippen LogP) is 4.45. The van der Waals surface area contributed by atoms with Crippen LogP contribution >= 0.6 is 0 Å². The van der Waals surface area contributed by atoms with Crippen LogP contribution in [0.5, 0.6) is 0 Å². The van der Waals surface area contributed by atoms with Gasteiger partial charge in [-0.2, -0.15) is 5.26 Å². The van der Waals surface area contributed by atoms with Gasteiger partial charge in [0.05, 0.1) is 11.1 Å². The van der Waals surface area contributed by atoms with Crippen molar-refractivity contribution < 1.29 is 4.92 Å². The van der Waals surface area contributed by atoms with Crippen LogP contribution in [0.4, 0.5) is 5.69 Å². The smallest absolute Gasteiger partial charge is 0.284 e. The molecular weight excluding hydrogens is 328 g/mol. The summed E-state index contributed by atoms with van der Waals surface area (Å²) >= 11 is 0. The van der Waals surface area contributed by atoms with Gasteiger partial charge in [0.25, 0.3) is 5.69 Å². The number of nitrogens with zero attached hydrogens (tertiary/aromatic N) is 4. The van der Waals surface area contributed by atoms with E-state index in [1.807, 2.05) is 54.6 Å². The van der Waals surface area contributed by atoms with Crippen molar-refractivity contribution >= 4 is 11.3 Å². The van der Waals surface area contributed by atoms with Crippen LogP contribution < -0.4 is 0 Å². The number of hydrogen-bond donors (Lipinski definition) is 0. The molecule has 2 heterocycles. The van der Waals surface area contributed by atoms with Crippen LogP contribution in [-0.4, -0.2) is 14.3 Å². The molecule has 6 heteroatoms. The molecule has 0 spiro atoms. The Labute approximate surface area is 148 Å². The fraction of sp³-hybridized carbons (Fsp3) is 0. The van der Waals surface area contributed by atoms with Crippen molar-refractivity contribution in [1.29, 1.82) is 5.26 Å². The van der Waals surface area contributed by atoms with Crippen molar-refractivity contribution in [3.8, 4) is 28.5 Å². The van der Waals surface area contributed by atoms with E-state index in [4.69, 9.17) is 0 Å². The average Bonchev–Trinajstić information content (AvgIpc) is 3.06. The molecule has 0 aliphatic carbocycles. The number of imidazole rings is 1. The predicted molar refractivity (Wildman–Crippen MR) is 97.4 cm³/mol. The molecule has 0 saturated carbocycles. The zero-order valence-electron chi connectivity index (χ0n) is 13.5. The van der Waals surface area contributed by atoms with Gasteiger partial charge in [0.15, 0.2) is 5.69 Å². The molecule has 0 N–H and O–H groups in total. The summed E-state index contributed by atoms with van der Waals surface area (Å²) in [4.78, 5) is 15.0. The minimum Gasteiger partial charge on any atom is -0.284 e. The molecule has 124 valence electrons. The topological polar surface area (TPSA) is 84.2 Å². The molecule has 0 radical (unpaired) electrons. The number of benzene rings is 2. The lowest BCUT2D eigenvalue weighted by atomic mass is 10.0. The van der Waals surface area contributed by atoms with E-state index in [-0.39, 0.29) is 11.4 Å². The third-order valence-electron chi connectivity index (χ3n) is 4.19. The number of nitro groups is 1. The highest BCUT2D eigenvalue weighted by Crippen LogP contribution is 2.28. The zero-order chi connectivity index (χ0) is 18.1. The minimum absolute atomic E-state index is 0.0858. The van der Waals surface area contributed by atoms with Gasteiger partial charge in [0.2, 0.25) is 0 Å². The molecule has 0 fully saturated rings. The highest BCUT2D eigenvalue weighted by Gasteiger charge is 2.16. The Morgan fingerprint density at radius 3 is 2.23 bits per heavy atom. The van der Waals surface area contributed by atoms with Gasteiger partial charge in [-0.25, -0.2) is 4.98 Å². The Balaban J connectivity index is 1.81. The Kier molecular flexibility index (Phi) is 3.67. The van der Waals surface area contributed by atoms with Crippen LogP contribution in [0.2, 0.25) is 0 Å².